The van der Waals surface area contributed by atoms with E-state index in [9.17, 15) is 4.79 Å². The van der Waals surface area contributed by atoms with Gasteiger partial charge in [-0.15, -0.1) is 0 Å². The highest BCUT2D eigenvalue weighted by Crippen LogP contribution is 2.38. The van der Waals surface area contributed by atoms with E-state index in [2.05, 4.69) is 6.07 Å². The Kier molecular flexibility index (Phi) is 2.97. The highest BCUT2D eigenvalue weighted by atomic mass is 16.5. The SMILES string of the molecule is CC(=O)C1=C(C)O[C@@H](C#N)[C@H]1c1ccccc1. The molecule has 0 amide bonds. The predicted molar refractivity (Wildman–Crippen MR) is 63.1 cm³/mol. The summed E-state index contributed by atoms with van der Waals surface area (Å²) >= 11 is 0. The summed E-state index contributed by atoms with van der Waals surface area (Å²) in [5, 5.41) is 9.10. The van der Waals surface area contributed by atoms with Crippen LogP contribution < -0.4 is 0 Å². The van der Waals surface area contributed by atoms with Crippen LogP contribution in [0.15, 0.2) is 41.7 Å². The smallest absolute Gasteiger partial charge is 0.195 e. The van der Waals surface area contributed by atoms with E-state index in [1.165, 1.54) is 6.92 Å². The second-order valence-electron chi connectivity index (χ2n) is 4.08. The number of rotatable bonds is 2. The minimum Gasteiger partial charge on any atom is -0.479 e. The maximum Gasteiger partial charge on any atom is 0.195 e. The molecule has 0 N–H and O–H groups in total. The second kappa shape index (κ2) is 4.42. The van der Waals surface area contributed by atoms with Crippen molar-refractivity contribution in [2.24, 2.45) is 0 Å². The van der Waals surface area contributed by atoms with Crippen LogP contribution in [-0.2, 0) is 9.53 Å². The number of Topliss-reactive ketones (excluding diaryl/α,β-unsaturated/α-hetero) is 1. The Morgan fingerprint density at radius 1 is 1.35 bits per heavy atom. The van der Waals surface area contributed by atoms with Crippen molar-refractivity contribution >= 4 is 5.78 Å². The highest BCUT2D eigenvalue weighted by molar-refractivity contribution is 5.96. The maximum atomic E-state index is 11.7. The summed E-state index contributed by atoms with van der Waals surface area (Å²) < 4.78 is 5.45. The van der Waals surface area contributed by atoms with Crippen LogP contribution in [0.3, 0.4) is 0 Å². The van der Waals surface area contributed by atoms with Gasteiger partial charge in [-0.25, -0.2) is 0 Å². The molecule has 1 aliphatic rings. The van der Waals surface area contributed by atoms with Gasteiger partial charge in [0.15, 0.2) is 11.9 Å². The quantitative estimate of drug-likeness (QED) is 0.780. The molecule has 0 fully saturated rings. The number of ketones is 1. The third-order valence-corrected chi connectivity index (χ3v) is 2.96. The number of carbonyl (C=O) groups excluding carboxylic acids is 1. The van der Waals surface area contributed by atoms with Crippen LogP contribution in [0.4, 0.5) is 0 Å². The lowest BCUT2D eigenvalue weighted by atomic mass is 9.86. The Morgan fingerprint density at radius 3 is 2.53 bits per heavy atom. The lowest BCUT2D eigenvalue weighted by Crippen LogP contribution is -2.17. The molecule has 0 aromatic heterocycles. The Hall–Kier alpha value is -2.08. The molecule has 0 spiro atoms. The van der Waals surface area contributed by atoms with Gasteiger partial charge in [0.1, 0.15) is 11.8 Å². The maximum absolute atomic E-state index is 11.7. The van der Waals surface area contributed by atoms with E-state index in [-0.39, 0.29) is 11.7 Å². The van der Waals surface area contributed by atoms with Gasteiger partial charge in [0, 0.05) is 5.57 Å². The van der Waals surface area contributed by atoms with Crippen molar-refractivity contribution in [1.82, 2.24) is 0 Å². The topological polar surface area (TPSA) is 50.1 Å². The zero-order chi connectivity index (χ0) is 12.4. The van der Waals surface area contributed by atoms with Gasteiger partial charge in [0.05, 0.1) is 5.92 Å². The molecule has 0 saturated carbocycles. The van der Waals surface area contributed by atoms with Crippen LogP contribution in [0.2, 0.25) is 0 Å². The molecule has 17 heavy (non-hydrogen) atoms. The fourth-order valence-electron chi connectivity index (χ4n) is 2.26. The lowest BCUT2D eigenvalue weighted by Gasteiger charge is -2.14. The predicted octanol–water partition coefficient (Wildman–Crippen LogP) is 2.56. The number of carbonyl (C=O) groups is 1. The van der Waals surface area contributed by atoms with E-state index in [0.29, 0.717) is 11.3 Å². The van der Waals surface area contributed by atoms with E-state index in [1.54, 1.807) is 6.92 Å². The standard InChI is InChI=1S/C14H13NO2/c1-9(16)13-10(2)17-12(8-15)14(13)11-6-4-3-5-7-11/h3-7,12,14H,1-2H3/t12-,14+/m0/s1. The van der Waals surface area contributed by atoms with Crippen molar-refractivity contribution in [3.63, 3.8) is 0 Å². The second-order valence-corrected chi connectivity index (χ2v) is 4.08. The Bertz CT molecular complexity index is 511. The van der Waals surface area contributed by atoms with E-state index >= 15 is 0 Å². The minimum atomic E-state index is -0.601. The third kappa shape index (κ3) is 1.94. The van der Waals surface area contributed by atoms with E-state index in [0.717, 1.165) is 5.56 Å². The van der Waals surface area contributed by atoms with Gasteiger partial charge >= 0.3 is 0 Å². The van der Waals surface area contributed by atoms with Gasteiger partial charge in [-0.3, -0.25) is 4.79 Å². The zero-order valence-corrected chi connectivity index (χ0v) is 9.81. The van der Waals surface area contributed by atoms with Crippen molar-refractivity contribution in [2.45, 2.75) is 25.9 Å². The summed E-state index contributed by atoms with van der Waals surface area (Å²) in [4.78, 5) is 11.7. The largest absolute Gasteiger partial charge is 0.479 e. The third-order valence-electron chi connectivity index (χ3n) is 2.96. The fraction of sp³-hybridized carbons (Fsp3) is 0.286. The van der Waals surface area contributed by atoms with Gasteiger partial charge in [-0.2, -0.15) is 5.26 Å². The van der Waals surface area contributed by atoms with Gasteiger partial charge in [-0.1, -0.05) is 30.3 Å². The molecule has 2 atom stereocenters. The van der Waals surface area contributed by atoms with Gasteiger partial charge in [0.25, 0.3) is 0 Å². The molecule has 3 heteroatoms. The van der Waals surface area contributed by atoms with Crippen molar-refractivity contribution in [2.75, 3.05) is 0 Å². The fourth-order valence-corrected chi connectivity index (χ4v) is 2.26. The molecule has 3 nitrogen and oxygen atoms in total. The number of benzene rings is 1. The van der Waals surface area contributed by atoms with Crippen LogP contribution in [-0.4, -0.2) is 11.9 Å². The molecule has 0 saturated heterocycles. The number of allylic oxidation sites excluding steroid dienone is 1. The zero-order valence-electron chi connectivity index (χ0n) is 9.81. The summed E-state index contributed by atoms with van der Waals surface area (Å²) in [5.41, 5.74) is 1.56. The molecule has 2 rings (SSSR count). The Labute approximate surface area is 100 Å². The number of nitrogens with zero attached hydrogens (tertiary/aromatic N) is 1. The van der Waals surface area contributed by atoms with Crippen LogP contribution in [0.25, 0.3) is 0 Å². The summed E-state index contributed by atoms with van der Waals surface area (Å²) in [6, 6.07) is 11.6. The number of hydrogen-bond acceptors (Lipinski definition) is 3. The van der Waals surface area contributed by atoms with Crippen LogP contribution in [0.1, 0.15) is 25.3 Å². The Balaban J connectivity index is 2.49. The number of ether oxygens (including phenoxy) is 1. The van der Waals surface area contributed by atoms with Gasteiger partial charge < -0.3 is 4.74 Å². The normalized spacial score (nSPS) is 23.1. The van der Waals surface area contributed by atoms with E-state index in [4.69, 9.17) is 10.00 Å². The highest BCUT2D eigenvalue weighted by Gasteiger charge is 2.38. The van der Waals surface area contributed by atoms with Crippen molar-refractivity contribution in [1.29, 1.82) is 5.26 Å². The molecular weight excluding hydrogens is 214 g/mol. The first-order valence-corrected chi connectivity index (χ1v) is 5.48. The average Bonchev–Trinajstić information content (AvgIpc) is 2.67. The first kappa shape index (κ1) is 11.4. The molecule has 0 radical (unpaired) electrons. The van der Waals surface area contributed by atoms with E-state index < -0.39 is 6.10 Å². The lowest BCUT2D eigenvalue weighted by molar-refractivity contribution is -0.113. The van der Waals surface area contributed by atoms with Gasteiger partial charge in [0.2, 0.25) is 0 Å². The summed E-state index contributed by atoms with van der Waals surface area (Å²) in [5.74, 6) is 0.269. The molecule has 0 unspecified atom stereocenters. The average molecular weight is 227 g/mol. The molecule has 0 aliphatic carbocycles. The van der Waals surface area contributed by atoms with Gasteiger partial charge in [-0.05, 0) is 19.4 Å². The number of nitriles is 1. The van der Waals surface area contributed by atoms with Crippen molar-refractivity contribution in [3.8, 4) is 6.07 Å². The molecule has 1 heterocycles. The molecule has 1 aromatic carbocycles. The van der Waals surface area contributed by atoms with Crippen molar-refractivity contribution < 1.29 is 9.53 Å². The molecular formula is C14H13NO2. The number of hydrogen-bond donors (Lipinski definition) is 0. The van der Waals surface area contributed by atoms with Crippen LogP contribution in [0.5, 0.6) is 0 Å². The monoisotopic (exact) mass is 227 g/mol. The Morgan fingerprint density at radius 2 is 2.00 bits per heavy atom. The summed E-state index contributed by atoms with van der Waals surface area (Å²) in [6.07, 6.45) is -0.601. The summed E-state index contributed by atoms with van der Waals surface area (Å²) in [7, 11) is 0. The molecule has 1 aromatic rings. The molecule has 0 bridgehead atoms. The molecule has 86 valence electrons. The first-order chi connectivity index (χ1) is 8.15. The van der Waals surface area contributed by atoms with Crippen molar-refractivity contribution in [3.05, 3.63) is 47.2 Å². The summed E-state index contributed by atoms with van der Waals surface area (Å²) in [6.45, 7) is 3.25. The molecule has 1 aliphatic heterocycles. The first-order valence-electron chi connectivity index (χ1n) is 5.48. The minimum absolute atomic E-state index is 0.0332. The van der Waals surface area contributed by atoms with Crippen LogP contribution >= 0.6 is 0 Å². The van der Waals surface area contributed by atoms with Crippen LogP contribution in [0, 0.1) is 11.3 Å². The van der Waals surface area contributed by atoms with E-state index in [1.807, 2.05) is 30.3 Å².